The Morgan fingerprint density at radius 3 is 2.87 bits per heavy atom. The molecule has 0 saturated heterocycles. The molecular formula is C18H26N4O. The van der Waals surface area contributed by atoms with E-state index in [2.05, 4.69) is 39.4 Å². The van der Waals surface area contributed by atoms with Crippen LogP contribution in [0.15, 0.2) is 24.3 Å². The first-order chi connectivity index (χ1) is 11.2. The van der Waals surface area contributed by atoms with Gasteiger partial charge in [0.05, 0.1) is 24.5 Å². The molecule has 1 atom stereocenters. The molecular weight excluding hydrogens is 288 g/mol. The van der Waals surface area contributed by atoms with Crippen LogP contribution < -0.4 is 0 Å². The van der Waals surface area contributed by atoms with E-state index >= 15 is 0 Å². The number of aliphatic hydroxyl groups excluding tert-OH is 1. The van der Waals surface area contributed by atoms with E-state index in [4.69, 9.17) is 0 Å². The van der Waals surface area contributed by atoms with Crippen LogP contribution in [0.5, 0.6) is 0 Å². The van der Waals surface area contributed by atoms with Crippen molar-refractivity contribution in [3.05, 3.63) is 46.8 Å². The monoisotopic (exact) mass is 314 g/mol. The van der Waals surface area contributed by atoms with Gasteiger partial charge in [0, 0.05) is 19.1 Å². The van der Waals surface area contributed by atoms with Gasteiger partial charge in [0.2, 0.25) is 0 Å². The maximum absolute atomic E-state index is 9.53. The molecule has 23 heavy (non-hydrogen) atoms. The third kappa shape index (κ3) is 3.46. The molecule has 1 unspecified atom stereocenters. The van der Waals surface area contributed by atoms with E-state index in [0.717, 1.165) is 37.3 Å². The Kier molecular flexibility index (Phi) is 5.08. The van der Waals surface area contributed by atoms with Gasteiger partial charge in [0.25, 0.3) is 0 Å². The molecule has 2 aromatic rings. The number of aromatic nitrogens is 3. The lowest BCUT2D eigenvalue weighted by atomic mass is 9.86. The average Bonchev–Trinajstić information content (AvgIpc) is 2.94. The molecule has 1 heterocycles. The maximum Gasteiger partial charge on any atom is 0.0996 e. The Morgan fingerprint density at radius 2 is 2.13 bits per heavy atom. The fraction of sp³-hybridized carbons (Fsp3) is 0.556. The summed E-state index contributed by atoms with van der Waals surface area (Å²) in [6, 6.07) is 9.07. The molecule has 0 fully saturated rings. The molecule has 1 aromatic carbocycles. The van der Waals surface area contributed by atoms with Crippen LogP contribution in [-0.4, -0.2) is 38.2 Å². The lowest BCUT2D eigenvalue weighted by Gasteiger charge is -2.35. The van der Waals surface area contributed by atoms with Crippen LogP contribution in [0, 0.1) is 6.92 Å². The summed E-state index contributed by atoms with van der Waals surface area (Å²) in [6.07, 6.45) is 3.49. The SMILES string of the molecule is CCn1nc(C)c(CN(CCO)C2CCCc3ccccc32)n1. The molecule has 124 valence electrons. The fourth-order valence-electron chi connectivity index (χ4n) is 3.53. The smallest absolute Gasteiger partial charge is 0.0996 e. The van der Waals surface area contributed by atoms with Crippen molar-refractivity contribution >= 4 is 0 Å². The lowest BCUT2D eigenvalue weighted by molar-refractivity contribution is 0.129. The van der Waals surface area contributed by atoms with E-state index in [1.807, 2.05) is 13.8 Å². The van der Waals surface area contributed by atoms with Gasteiger partial charge in [0.1, 0.15) is 0 Å². The van der Waals surface area contributed by atoms with Crippen molar-refractivity contribution in [1.29, 1.82) is 0 Å². The van der Waals surface area contributed by atoms with E-state index in [9.17, 15) is 5.11 Å². The number of rotatable bonds is 6. The largest absolute Gasteiger partial charge is 0.395 e. The Bertz CT molecular complexity index is 652. The van der Waals surface area contributed by atoms with Gasteiger partial charge in [-0.1, -0.05) is 24.3 Å². The normalized spacial score (nSPS) is 17.5. The van der Waals surface area contributed by atoms with Gasteiger partial charge in [-0.2, -0.15) is 15.0 Å². The summed E-state index contributed by atoms with van der Waals surface area (Å²) in [5.41, 5.74) is 4.86. The van der Waals surface area contributed by atoms with Crippen molar-refractivity contribution < 1.29 is 5.11 Å². The van der Waals surface area contributed by atoms with Crippen molar-refractivity contribution in [1.82, 2.24) is 19.9 Å². The minimum Gasteiger partial charge on any atom is -0.395 e. The van der Waals surface area contributed by atoms with E-state index in [1.165, 1.54) is 17.5 Å². The Morgan fingerprint density at radius 1 is 1.30 bits per heavy atom. The Hall–Kier alpha value is -1.72. The third-order valence-electron chi connectivity index (χ3n) is 4.72. The molecule has 1 aliphatic rings. The summed E-state index contributed by atoms with van der Waals surface area (Å²) in [4.78, 5) is 4.10. The standard InChI is InChI=1S/C18H26N4O/c1-3-22-19-14(2)17(20-22)13-21(11-12-23)18-10-6-8-15-7-4-5-9-16(15)18/h4-5,7,9,18,23H,3,6,8,10-13H2,1-2H3. The minimum atomic E-state index is 0.166. The topological polar surface area (TPSA) is 54.2 Å². The number of hydrogen-bond acceptors (Lipinski definition) is 4. The first kappa shape index (κ1) is 16.1. The Labute approximate surface area is 137 Å². The van der Waals surface area contributed by atoms with Crippen LogP contribution in [0.1, 0.15) is 48.3 Å². The molecule has 0 radical (unpaired) electrons. The summed E-state index contributed by atoms with van der Waals surface area (Å²) >= 11 is 0. The van der Waals surface area contributed by atoms with Crippen LogP contribution in [0.3, 0.4) is 0 Å². The van der Waals surface area contributed by atoms with E-state index in [0.29, 0.717) is 12.6 Å². The van der Waals surface area contributed by atoms with Gasteiger partial charge in [0.15, 0.2) is 0 Å². The number of benzene rings is 1. The molecule has 0 bridgehead atoms. The number of aryl methyl sites for hydroxylation is 3. The van der Waals surface area contributed by atoms with Crippen molar-refractivity contribution in [2.45, 2.75) is 52.2 Å². The highest BCUT2D eigenvalue weighted by Crippen LogP contribution is 2.34. The summed E-state index contributed by atoms with van der Waals surface area (Å²) in [6.45, 7) is 6.42. The lowest BCUT2D eigenvalue weighted by Crippen LogP contribution is -2.33. The zero-order valence-corrected chi connectivity index (χ0v) is 14.1. The van der Waals surface area contributed by atoms with Crippen LogP contribution in [0.2, 0.25) is 0 Å². The molecule has 3 rings (SSSR count). The third-order valence-corrected chi connectivity index (χ3v) is 4.72. The van der Waals surface area contributed by atoms with Gasteiger partial charge in [-0.15, -0.1) is 0 Å². The number of hydrogen-bond donors (Lipinski definition) is 1. The van der Waals surface area contributed by atoms with Crippen molar-refractivity contribution in [2.75, 3.05) is 13.2 Å². The predicted octanol–water partition coefficient (Wildman–Crippen LogP) is 2.48. The minimum absolute atomic E-state index is 0.166. The van der Waals surface area contributed by atoms with Crippen LogP contribution in [-0.2, 0) is 19.5 Å². The van der Waals surface area contributed by atoms with Gasteiger partial charge in [-0.25, -0.2) is 0 Å². The number of nitrogens with zero attached hydrogens (tertiary/aromatic N) is 4. The molecule has 1 N–H and O–H groups in total. The summed E-state index contributed by atoms with van der Waals surface area (Å²) < 4.78 is 0. The summed E-state index contributed by atoms with van der Waals surface area (Å²) in [5.74, 6) is 0. The first-order valence-corrected chi connectivity index (χ1v) is 8.56. The molecule has 0 aliphatic heterocycles. The summed E-state index contributed by atoms with van der Waals surface area (Å²) in [5, 5.41) is 18.6. The predicted molar refractivity (Wildman–Crippen MR) is 90.0 cm³/mol. The molecule has 1 aliphatic carbocycles. The van der Waals surface area contributed by atoms with E-state index < -0.39 is 0 Å². The Balaban J connectivity index is 1.86. The molecule has 1 aromatic heterocycles. The van der Waals surface area contributed by atoms with Gasteiger partial charge >= 0.3 is 0 Å². The van der Waals surface area contributed by atoms with Gasteiger partial charge in [-0.3, -0.25) is 4.90 Å². The maximum atomic E-state index is 9.53. The van der Waals surface area contributed by atoms with Crippen molar-refractivity contribution in [3.8, 4) is 0 Å². The molecule has 5 nitrogen and oxygen atoms in total. The highest BCUT2D eigenvalue weighted by atomic mass is 16.3. The van der Waals surface area contributed by atoms with Gasteiger partial charge < -0.3 is 5.11 Å². The van der Waals surface area contributed by atoms with Gasteiger partial charge in [-0.05, 0) is 44.2 Å². The zero-order chi connectivity index (χ0) is 16.2. The molecule has 5 heteroatoms. The highest BCUT2D eigenvalue weighted by molar-refractivity contribution is 5.32. The highest BCUT2D eigenvalue weighted by Gasteiger charge is 2.26. The van der Waals surface area contributed by atoms with Crippen LogP contribution in [0.25, 0.3) is 0 Å². The van der Waals surface area contributed by atoms with Crippen LogP contribution >= 0.6 is 0 Å². The van der Waals surface area contributed by atoms with E-state index in [1.54, 1.807) is 4.80 Å². The average molecular weight is 314 g/mol. The first-order valence-electron chi connectivity index (χ1n) is 8.56. The second-order valence-corrected chi connectivity index (χ2v) is 6.22. The molecule has 0 saturated carbocycles. The quantitative estimate of drug-likeness (QED) is 0.890. The second kappa shape index (κ2) is 7.23. The molecule has 0 spiro atoms. The molecule has 0 amide bonds. The van der Waals surface area contributed by atoms with Crippen molar-refractivity contribution in [2.24, 2.45) is 0 Å². The second-order valence-electron chi connectivity index (χ2n) is 6.22. The van der Waals surface area contributed by atoms with E-state index in [-0.39, 0.29) is 6.61 Å². The summed E-state index contributed by atoms with van der Waals surface area (Å²) in [7, 11) is 0. The van der Waals surface area contributed by atoms with Crippen molar-refractivity contribution in [3.63, 3.8) is 0 Å². The fourth-order valence-corrected chi connectivity index (χ4v) is 3.53. The number of aliphatic hydroxyl groups is 1. The van der Waals surface area contributed by atoms with Crippen LogP contribution in [0.4, 0.5) is 0 Å². The number of fused-ring (bicyclic) bond motifs is 1. The zero-order valence-electron chi connectivity index (χ0n) is 14.1.